The summed E-state index contributed by atoms with van der Waals surface area (Å²) < 4.78 is 0. The molecule has 0 spiro atoms. The second-order valence-corrected chi connectivity index (χ2v) is 4.39. The van der Waals surface area contributed by atoms with E-state index in [1.165, 1.54) is 12.8 Å². The van der Waals surface area contributed by atoms with E-state index < -0.39 is 0 Å². The molecule has 1 nitrogen and oxygen atoms in total. The first-order chi connectivity index (χ1) is 5.79. The van der Waals surface area contributed by atoms with E-state index in [4.69, 9.17) is 0 Å². The number of aldehydes is 1. The van der Waals surface area contributed by atoms with Gasteiger partial charge in [0.15, 0.2) is 0 Å². The van der Waals surface area contributed by atoms with Crippen LogP contribution in [0.2, 0.25) is 0 Å². The number of hydrogen-bond donors (Lipinski definition) is 0. The van der Waals surface area contributed by atoms with Crippen molar-refractivity contribution in [2.45, 2.75) is 26.2 Å². The number of carbonyl (C=O) groups is 1. The first-order valence-corrected chi connectivity index (χ1v) is 4.93. The minimum absolute atomic E-state index is 0.266. The molecule has 2 bridgehead atoms. The number of allylic oxidation sites excluding steroid dienone is 2. The van der Waals surface area contributed by atoms with Crippen molar-refractivity contribution in [1.29, 1.82) is 0 Å². The van der Waals surface area contributed by atoms with Crippen LogP contribution in [0.1, 0.15) is 26.2 Å². The standard InChI is InChI=1S/C11H16O/c1-8(7-12)4-11-6-9-2-3-10(11)5-9/h2-3,7-11H,4-6H2,1H3. The van der Waals surface area contributed by atoms with Crippen LogP contribution >= 0.6 is 0 Å². The van der Waals surface area contributed by atoms with Crippen molar-refractivity contribution in [2.75, 3.05) is 0 Å². The van der Waals surface area contributed by atoms with Gasteiger partial charge in [-0.25, -0.2) is 0 Å². The number of fused-ring (bicyclic) bond motifs is 2. The van der Waals surface area contributed by atoms with Crippen molar-refractivity contribution < 1.29 is 4.79 Å². The van der Waals surface area contributed by atoms with E-state index in [9.17, 15) is 4.79 Å². The van der Waals surface area contributed by atoms with E-state index in [-0.39, 0.29) is 5.92 Å². The van der Waals surface area contributed by atoms with Gasteiger partial charge in [0.1, 0.15) is 6.29 Å². The van der Waals surface area contributed by atoms with Crippen molar-refractivity contribution >= 4 is 6.29 Å². The molecule has 0 saturated heterocycles. The first-order valence-electron chi connectivity index (χ1n) is 4.93. The van der Waals surface area contributed by atoms with Gasteiger partial charge in [0, 0.05) is 5.92 Å². The summed E-state index contributed by atoms with van der Waals surface area (Å²) in [5.41, 5.74) is 0. The topological polar surface area (TPSA) is 17.1 Å². The van der Waals surface area contributed by atoms with Crippen molar-refractivity contribution in [3.8, 4) is 0 Å². The largest absolute Gasteiger partial charge is 0.303 e. The van der Waals surface area contributed by atoms with Crippen LogP contribution < -0.4 is 0 Å². The lowest BCUT2D eigenvalue weighted by atomic mass is 9.86. The molecule has 0 heterocycles. The molecule has 2 aliphatic carbocycles. The van der Waals surface area contributed by atoms with Crippen LogP contribution in [0.15, 0.2) is 12.2 Å². The van der Waals surface area contributed by atoms with Crippen LogP contribution in [-0.4, -0.2) is 6.29 Å². The zero-order valence-electron chi connectivity index (χ0n) is 7.57. The monoisotopic (exact) mass is 164 g/mol. The normalized spacial score (nSPS) is 40.2. The molecule has 0 aromatic carbocycles. The van der Waals surface area contributed by atoms with Crippen LogP contribution in [0.3, 0.4) is 0 Å². The summed E-state index contributed by atoms with van der Waals surface area (Å²) in [5.74, 6) is 2.72. The van der Waals surface area contributed by atoms with Crippen molar-refractivity contribution in [3.05, 3.63) is 12.2 Å². The fourth-order valence-electron chi connectivity index (χ4n) is 2.70. The molecular formula is C11H16O. The summed E-state index contributed by atoms with van der Waals surface area (Å²) in [5, 5.41) is 0. The Balaban J connectivity index is 1.91. The number of rotatable bonds is 3. The summed E-state index contributed by atoms with van der Waals surface area (Å²) >= 11 is 0. The lowest BCUT2D eigenvalue weighted by molar-refractivity contribution is -0.111. The highest BCUT2D eigenvalue weighted by atomic mass is 16.1. The maximum Gasteiger partial charge on any atom is 0.122 e. The molecule has 0 aromatic rings. The Labute approximate surface area is 73.8 Å². The SMILES string of the molecule is CC(C=O)CC1CC2C=CC1C2. The summed E-state index contributed by atoms with van der Waals surface area (Å²) in [7, 11) is 0. The fourth-order valence-corrected chi connectivity index (χ4v) is 2.70. The predicted octanol–water partition coefficient (Wildman–Crippen LogP) is 2.42. The quantitative estimate of drug-likeness (QED) is 0.462. The van der Waals surface area contributed by atoms with Crippen molar-refractivity contribution in [1.82, 2.24) is 0 Å². The highest BCUT2D eigenvalue weighted by molar-refractivity contribution is 5.52. The Hall–Kier alpha value is -0.590. The van der Waals surface area contributed by atoms with Gasteiger partial charge >= 0.3 is 0 Å². The van der Waals surface area contributed by atoms with Crippen LogP contribution in [0, 0.1) is 23.7 Å². The first kappa shape index (κ1) is 8.03. The van der Waals surface area contributed by atoms with Crippen LogP contribution in [0.5, 0.6) is 0 Å². The zero-order chi connectivity index (χ0) is 8.55. The van der Waals surface area contributed by atoms with E-state index in [1.54, 1.807) is 0 Å². The molecule has 0 amide bonds. The molecule has 12 heavy (non-hydrogen) atoms. The average Bonchev–Trinajstić information content (AvgIpc) is 2.64. The lowest BCUT2D eigenvalue weighted by Gasteiger charge is -2.18. The van der Waals surface area contributed by atoms with Gasteiger partial charge in [0.2, 0.25) is 0 Å². The highest BCUT2D eigenvalue weighted by Crippen LogP contribution is 2.45. The Bertz CT molecular complexity index is 207. The van der Waals surface area contributed by atoms with Gasteiger partial charge < -0.3 is 4.79 Å². The Kier molecular flexibility index (Phi) is 2.03. The summed E-state index contributed by atoms with van der Waals surface area (Å²) in [6.07, 6.45) is 9.60. The summed E-state index contributed by atoms with van der Waals surface area (Å²) in [4.78, 5) is 10.5. The smallest absolute Gasteiger partial charge is 0.122 e. The Morgan fingerprint density at radius 2 is 2.33 bits per heavy atom. The molecular weight excluding hydrogens is 148 g/mol. The highest BCUT2D eigenvalue weighted by Gasteiger charge is 2.35. The van der Waals surface area contributed by atoms with Gasteiger partial charge in [-0.05, 0) is 37.0 Å². The molecule has 0 N–H and O–H groups in total. The Morgan fingerprint density at radius 3 is 2.83 bits per heavy atom. The molecule has 0 aliphatic heterocycles. The lowest BCUT2D eigenvalue weighted by Crippen LogP contribution is -2.11. The molecule has 0 aromatic heterocycles. The third kappa shape index (κ3) is 1.33. The molecule has 1 heteroatoms. The molecule has 4 atom stereocenters. The molecule has 66 valence electrons. The van der Waals surface area contributed by atoms with Gasteiger partial charge in [-0.1, -0.05) is 19.1 Å². The van der Waals surface area contributed by atoms with Crippen LogP contribution in [0.4, 0.5) is 0 Å². The van der Waals surface area contributed by atoms with E-state index in [0.717, 1.165) is 30.5 Å². The van der Waals surface area contributed by atoms with Crippen molar-refractivity contribution in [2.24, 2.45) is 23.7 Å². The second kappa shape index (κ2) is 3.04. The minimum Gasteiger partial charge on any atom is -0.303 e. The van der Waals surface area contributed by atoms with Gasteiger partial charge in [0.25, 0.3) is 0 Å². The maximum absolute atomic E-state index is 10.5. The fraction of sp³-hybridized carbons (Fsp3) is 0.727. The van der Waals surface area contributed by atoms with E-state index in [1.807, 2.05) is 6.92 Å². The van der Waals surface area contributed by atoms with Crippen LogP contribution in [0.25, 0.3) is 0 Å². The third-order valence-electron chi connectivity index (χ3n) is 3.32. The predicted molar refractivity (Wildman–Crippen MR) is 48.7 cm³/mol. The van der Waals surface area contributed by atoms with Gasteiger partial charge in [-0.3, -0.25) is 0 Å². The summed E-state index contributed by atoms with van der Waals surface area (Å²) in [6, 6.07) is 0. The second-order valence-electron chi connectivity index (χ2n) is 4.39. The van der Waals surface area contributed by atoms with Gasteiger partial charge in [-0.15, -0.1) is 0 Å². The van der Waals surface area contributed by atoms with Gasteiger partial charge in [0.05, 0.1) is 0 Å². The van der Waals surface area contributed by atoms with E-state index in [0.29, 0.717) is 0 Å². The van der Waals surface area contributed by atoms with Crippen molar-refractivity contribution in [3.63, 3.8) is 0 Å². The summed E-state index contributed by atoms with van der Waals surface area (Å²) in [6.45, 7) is 2.03. The molecule has 2 rings (SSSR count). The molecule has 1 saturated carbocycles. The van der Waals surface area contributed by atoms with Gasteiger partial charge in [-0.2, -0.15) is 0 Å². The minimum atomic E-state index is 0.266. The maximum atomic E-state index is 10.5. The molecule has 2 aliphatic rings. The zero-order valence-corrected chi connectivity index (χ0v) is 7.57. The third-order valence-corrected chi connectivity index (χ3v) is 3.32. The molecule has 4 unspecified atom stereocenters. The van der Waals surface area contributed by atoms with Crippen LogP contribution in [-0.2, 0) is 4.79 Å². The molecule has 1 fully saturated rings. The average molecular weight is 164 g/mol. The number of hydrogen-bond acceptors (Lipinski definition) is 1. The Morgan fingerprint density at radius 1 is 1.50 bits per heavy atom. The van der Waals surface area contributed by atoms with E-state index >= 15 is 0 Å². The van der Waals surface area contributed by atoms with E-state index in [2.05, 4.69) is 12.2 Å². The molecule has 0 radical (unpaired) electrons. The number of carbonyl (C=O) groups excluding carboxylic acids is 1.